The van der Waals surface area contributed by atoms with E-state index in [1.807, 2.05) is 27.1 Å². The van der Waals surface area contributed by atoms with Crippen LogP contribution < -0.4 is 10.2 Å². The molecule has 0 fully saturated rings. The van der Waals surface area contributed by atoms with Crippen molar-refractivity contribution in [1.82, 2.24) is 15.2 Å². The Kier molecular flexibility index (Phi) is 7.18. The number of thiazole rings is 1. The van der Waals surface area contributed by atoms with Crippen LogP contribution in [0.3, 0.4) is 0 Å². The van der Waals surface area contributed by atoms with Crippen LogP contribution in [0.5, 0.6) is 0 Å². The SMILES string of the molecule is CN=C(NCCCN(C)c1cccc(F)c1)N(C)Cc1csc(C)n1. The summed E-state index contributed by atoms with van der Waals surface area (Å²) in [6.07, 6.45) is 0.926. The Hall–Kier alpha value is -2.15. The third-order valence-corrected chi connectivity index (χ3v) is 4.66. The summed E-state index contributed by atoms with van der Waals surface area (Å²) < 4.78 is 13.3. The third-order valence-electron chi connectivity index (χ3n) is 3.84. The van der Waals surface area contributed by atoms with Crippen molar-refractivity contribution in [3.8, 4) is 0 Å². The zero-order chi connectivity index (χ0) is 18.2. The minimum absolute atomic E-state index is 0.207. The van der Waals surface area contributed by atoms with Crippen molar-refractivity contribution in [1.29, 1.82) is 0 Å². The third kappa shape index (κ3) is 6.01. The molecule has 0 spiro atoms. The van der Waals surface area contributed by atoms with Gasteiger partial charge in [-0.15, -0.1) is 11.3 Å². The van der Waals surface area contributed by atoms with Crippen LogP contribution in [0.1, 0.15) is 17.1 Å². The molecule has 0 amide bonds. The average molecular weight is 364 g/mol. The van der Waals surface area contributed by atoms with Crippen molar-refractivity contribution < 1.29 is 4.39 Å². The predicted octanol–water partition coefficient (Wildman–Crippen LogP) is 3.12. The molecule has 0 aliphatic heterocycles. The molecule has 0 atom stereocenters. The molecule has 25 heavy (non-hydrogen) atoms. The second-order valence-corrected chi connectivity index (χ2v) is 7.01. The van der Waals surface area contributed by atoms with Crippen molar-refractivity contribution in [3.63, 3.8) is 0 Å². The first-order valence-electron chi connectivity index (χ1n) is 8.29. The molecule has 7 heteroatoms. The molecule has 1 heterocycles. The summed E-state index contributed by atoms with van der Waals surface area (Å²) in [5.74, 6) is 0.640. The fourth-order valence-corrected chi connectivity index (χ4v) is 3.15. The van der Waals surface area contributed by atoms with E-state index < -0.39 is 0 Å². The van der Waals surface area contributed by atoms with Crippen LogP contribution in [0.25, 0.3) is 0 Å². The van der Waals surface area contributed by atoms with Crippen molar-refractivity contribution in [2.75, 3.05) is 39.1 Å². The summed E-state index contributed by atoms with van der Waals surface area (Å²) in [5.41, 5.74) is 1.94. The number of aromatic nitrogens is 1. The molecule has 0 aliphatic rings. The number of benzene rings is 1. The zero-order valence-electron chi connectivity index (χ0n) is 15.3. The van der Waals surface area contributed by atoms with E-state index in [9.17, 15) is 4.39 Å². The molecule has 2 rings (SSSR count). The highest BCUT2D eigenvalue weighted by molar-refractivity contribution is 7.09. The van der Waals surface area contributed by atoms with Crippen molar-refractivity contribution in [3.05, 3.63) is 46.2 Å². The molecule has 0 saturated heterocycles. The molecule has 5 nitrogen and oxygen atoms in total. The van der Waals surface area contributed by atoms with Gasteiger partial charge in [0.15, 0.2) is 5.96 Å². The second kappa shape index (κ2) is 9.36. The van der Waals surface area contributed by atoms with Crippen LogP contribution in [-0.2, 0) is 6.54 Å². The summed E-state index contributed by atoms with van der Waals surface area (Å²) in [7, 11) is 5.76. The Balaban J connectivity index is 1.75. The topological polar surface area (TPSA) is 43.8 Å². The van der Waals surface area contributed by atoms with Gasteiger partial charge in [0.25, 0.3) is 0 Å². The number of aryl methyl sites for hydroxylation is 1. The first kappa shape index (κ1) is 19.2. The van der Waals surface area contributed by atoms with Crippen LogP contribution >= 0.6 is 11.3 Å². The number of guanidine groups is 1. The Morgan fingerprint density at radius 3 is 2.80 bits per heavy atom. The lowest BCUT2D eigenvalue weighted by atomic mass is 10.2. The van der Waals surface area contributed by atoms with Crippen LogP contribution in [-0.4, -0.2) is 50.1 Å². The summed E-state index contributed by atoms with van der Waals surface area (Å²) in [6.45, 7) is 4.37. The van der Waals surface area contributed by atoms with Gasteiger partial charge < -0.3 is 15.1 Å². The number of nitrogens with zero attached hydrogens (tertiary/aromatic N) is 4. The lowest BCUT2D eigenvalue weighted by Crippen LogP contribution is -2.39. The van der Waals surface area contributed by atoms with Gasteiger partial charge in [-0.3, -0.25) is 4.99 Å². The Bertz CT molecular complexity index is 700. The van der Waals surface area contributed by atoms with Gasteiger partial charge in [-0.1, -0.05) is 6.07 Å². The predicted molar refractivity (Wildman–Crippen MR) is 104 cm³/mol. The number of rotatable bonds is 7. The molecule has 0 unspecified atom stereocenters. The van der Waals surface area contributed by atoms with Gasteiger partial charge in [0, 0.05) is 45.3 Å². The van der Waals surface area contributed by atoms with Gasteiger partial charge in [-0.05, 0) is 31.5 Å². The number of aliphatic imine (C=N–C) groups is 1. The van der Waals surface area contributed by atoms with Gasteiger partial charge in [0.05, 0.1) is 17.2 Å². The molecule has 136 valence electrons. The van der Waals surface area contributed by atoms with Gasteiger partial charge in [0.2, 0.25) is 0 Å². The van der Waals surface area contributed by atoms with Crippen LogP contribution in [0, 0.1) is 12.7 Å². The molecule has 0 aliphatic carbocycles. The molecule has 1 aromatic carbocycles. The number of hydrogen-bond donors (Lipinski definition) is 1. The highest BCUT2D eigenvalue weighted by Crippen LogP contribution is 2.14. The maximum atomic E-state index is 13.3. The highest BCUT2D eigenvalue weighted by atomic mass is 32.1. The van der Waals surface area contributed by atoms with E-state index in [2.05, 4.69) is 30.5 Å². The van der Waals surface area contributed by atoms with Gasteiger partial charge in [0.1, 0.15) is 5.82 Å². The van der Waals surface area contributed by atoms with Crippen LogP contribution in [0.4, 0.5) is 10.1 Å². The van der Waals surface area contributed by atoms with Crippen molar-refractivity contribution in [2.24, 2.45) is 4.99 Å². The smallest absolute Gasteiger partial charge is 0.193 e. The summed E-state index contributed by atoms with van der Waals surface area (Å²) in [6, 6.07) is 6.66. The number of hydrogen-bond acceptors (Lipinski definition) is 4. The van der Waals surface area contributed by atoms with Crippen LogP contribution in [0.15, 0.2) is 34.6 Å². The van der Waals surface area contributed by atoms with E-state index in [4.69, 9.17) is 0 Å². The van der Waals surface area contributed by atoms with Gasteiger partial charge in [-0.25, -0.2) is 9.37 Å². The fourth-order valence-electron chi connectivity index (χ4n) is 2.54. The lowest BCUT2D eigenvalue weighted by molar-refractivity contribution is 0.470. The van der Waals surface area contributed by atoms with Crippen molar-refractivity contribution in [2.45, 2.75) is 19.9 Å². The first-order valence-corrected chi connectivity index (χ1v) is 9.17. The second-order valence-electron chi connectivity index (χ2n) is 5.94. The normalized spacial score (nSPS) is 11.5. The molecular formula is C18H26FN5S. The van der Waals surface area contributed by atoms with E-state index in [0.717, 1.165) is 48.4 Å². The summed E-state index contributed by atoms with van der Waals surface area (Å²) in [4.78, 5) is 12.9. The van der Waals surface area contributed by atoms with E-state index >= 15 is 0 Å². The minimum atomic E-state index is -0.207. The van der Waals surface area contributed by atoms with E-state index in [1.54, 1.807) is 30.5 Å². The van der Waals surface area contributed by atoms with Crippen molar-refractivity contribution >= 4 is 23.0 Å². The van der Waals surface area contributed by atoms with E-state index in [1.165, 1.54) is 6.07 Å². The molecular weight excluding hydrogens is 337 g/mol. The standard InChI is InChI=1S/C18H26FN5S/c1-14-22-16(13-25-14)12-24(4)18(20-2)21-9-6-10-23(3)17-8-5-7-15(19)11-17/h5,7-8,11,13H,6,9-10,12H2,1-4H3,(H,20,21). The Morgan fingerprint density at radius 1 is 1.36 bits per heavy atom. The molecule has 1 N–H and O–H groups in total. The quantitative estimate of drug-likeness (QED) is 0.466. The van der Waals surface area contributed by atoms with Gasteiger partial charge >= 0.3 is 0 Å². The monoisotopic (exact) mass is 363 g/mol. The number of halogens is 1. The molecule has 0 saturated carbocycles. The molecule has 0 radical (unpaired) electrons. The van der Waals surface area contributed by atoms with E-state index in [-0.39, 0.29) is 5.82 Å². The maximum absolute atomic E-state index is 13.3. The Morgan fingerprint density at radius 2 is 2.16 bits per heavy atom. The maximum Gasteiger partial charge on any atom is 0.193 e. The Labute approximate surface area is 153 Å². The largest absolute Gasteiger partial charge is 0.374 e. The van der Waals surface area contributed by atoms with Crippen LogP contribution in [0.2, 0.25) is 0 Å². The first-order chi connectivity index (χ1) is 12.0. The van der Waals surface area contributed by atoms with Gasteiger partial charge in [-0.2, -0.15) is 0 Å². The average Bonchev–Trinajstić information content (AvgIpc) is 2.99. The molecule has 0 bridgehead atoms. The zero-order valence-corrected chi connectivity index (χ0v) is 16.1. The number of nitrogens with one attached hydrogen (secondary N) is 1. The van der Waals surface area contributed by atoms with E-state index in [0.29, 0.717) is 0 Å². The number of anilines is 1. The fraction of sp³-hybridized carbons (Fsp3) is 0.444. The molecule has 2 aromatic rings. The summed E-state index contributed by atoms with van der Waals surface area (Å²) in [5, 5.41) is 6.52. The highest BCUT2D eigenvalue weighted by Gasteiger charge is 2.08. The molecule has 1 aromatic heterocycles. The summed E-state index contributed by atoms with van der Waals surface area (Å²) >= 11 is 1.66. The minimum Gasteiger partial charge on any atom is -0.374 e. The lowest BCUT2D eigenvalue weighted by Gasteiger charge is -2.23.